The fraction of sp³-hybridized carbons (Fsp3) is 0.778. The number of nitrogens with zero attached hydrogens (tertiary/aromatic N) is 1. The highest BCUT2D eigenvalue weighted by Crippen LogP contribution is 2.37. The van der Waals surface area contributed by atoms with Crippen molar-refractivity contribution in [3.63, 3.8) is 0 Å². The lowest BCUT2D eigenvalue weighted by atomic mass is 9.81. The molecule has 0 bridgehead atoms. The number of carboxylic acids is 1. The van der Waals surface area contributed by atoms with Crippen molar-refractivity contribution in [1.29, 1.82) is 5.26 Å². The molecule has 4 atom stereocenters. The molecule has 3 N–H and O–H groups in total. The van der Waals surface area contributed by atoms with Gasteiger partial charge in [-0.1, -0.05) is 26.0 Å². The summed E-state index contributed by atoms with van der Waals surface area (Å²) >= 11 is 0. The Morgan fingerprint density at radius 2 is 2.13 bits per heavy atom. The highest BCUT2D eigenvalue weighted by molar-refractivity contribution is 5.66. The minimum absolute atomic E-state index is 0.0695. The molecule has 23 heavy (non-hydrogen) atoms. The number of carboxylic acid groups (broad SMARTS) is 1. The van der Waals surface area contributed by atoms with E-state index in [0.717, 1.165) is 12.8 Å². The van der Waals surface area contributed by atoms with Crippen LogP contribution < -0.4 is 0 Å². The number of rotatable bonds is 9. The van der Waals surface area contributed by atoms with E-state index in [4.69, 9.17) is 10.4 Å². The van der Waals surface area contributed by atoms with Gasteiger partial charge in [-0.05, 0) is 49.4 Å². The van der Waals surface area contributed by atoms with Gasteiger partial charge >= 0.3 is 5.97 Å². The van der Waals surface area contributed by atoms with Gasteiger partial charge in [0.15, 0.2) is 0 Å². The standard InChI is InChI=1S/C18H29NO4/c1-18(2,11-4-12-19)16(21)10-8-13-7-9-15(20)14(13)5-3-6-17(22)23/h8,10,13-16,20-21H,3-7,9,11H2,1-2H3,(H,22,23). The minimum atomic E-state index is -0.806. The van der Waals surface area contributed by atoms with Crippen molar-refractivity contribution in [3.8, 4) is 6.07 Å². The van der Waals surface area contributed by atoms with Crippen LogP contribution in [0.5, 0.6) is 0 Å². The van der Waals surface area contributed by atoms with Crippen LogP contribution in [0.3, 0.4) is 0 Å². The molecule has 5 nitrogen and oxygen atoms in total. The fourth-order valence-corrected chi connectivity index (χ4v) is 3.25. The second-order valence-corrected chi connectivity index (χ2v) is 7.23. The smallest absolute Gasteiger partial charge is 0.303 e. The summed E-state index contributed by atoms with van der Waals surface area (Å²) in [6.07, 6.45) is 6.75. The first kappa shape index (κ1) is 19.7. The predicted molar refractivity (Wildman–Crippen MR) is 87.5 cm³/mol. The average molecular weight is 323 g/mol. The first-order valence-corrected chi connectivity index (χ1v) is 8.41. The molecule has 0 aromatic heterocycles. The van der Waals surface area contributed by atoms with Gasteiger partial charge in [-0.3, -0.25) is 4.79 Å². The zero-order valence-corrected chi connectivity index (χ0v) is 14.1. The van der Waals surface area contributed by atoms with Crippen molar-refractivity contribution >= 4 is 5.97 Å². The van der Waals surface area contributed by atoms with Crippen LogP contribution in [0, 0.1) is 28.6 Å². The highest BCUT2D eigenvalue weighted by atomic mass is 16.4. The van der Waals surface area contributed by atoms with Crippen molar-refractivity contribution in [2.24, 2.45) is 17.3 Å². The summed E-state index contributed by atoms with van der Waals surface area (Å²) in [5.41, 5.74) is -0.359. The van der Waals surface area contributed by atoms with Crippen LogP contribution >= 0.6 is 0 Å². The lowest BCUT2D eigenvalue weighted by molar-refractivity contribution is -0.137. The Labute approximate surface area is 138 Å². The van der Waals surface area contributed by atoms with E-state index in [-0.39, 0.29) is 29.8 Å². The summed E-state index contributed by atoms with van der Waals surface area (Å²) in [5, 5.41) is 37.8. The number of aliphatic carboxylic acids is 1. The highest BCUT2D eigenvalue weighted by Gasteiger charge is 2.33. The third-order valence-electron chi connectivity index (χ3n) is 4.99. The molecular formula is C18H29NO4. The lowest BCUT2D eigenvalue weighted by Gasteiger charge is -2.28. The van der Waals surface area contributed by atoms with Gasteiger partial charge in [0, 0.05) is 12.8 Å². The van der Waals surface area contributed by atoms with Crippen LogP contribution in [0.25, 0.3) is 0 Å². The van der Waals surface area contributed by atoms with Crippen LogP contribution in [0.15, 0.2) is 12.2 Å². The number of hydrogen-bond donors (Lipinski definition) is 3. The molecule has 1 aliphatic rings. The minimum Gasteiger partial charge on any atom is -0.481 e. The summed E-state index contributed by atoms with van der Waals surface area (Å²) in [7, 11) is 0. The molecule has 5 heteroatoms. The number of allylic oxidation sites excluding steroid dienone is 1. The molecule has 1 aliphatic carbocycles. The maximum atomic E-state index is 10.6. The van der Waals surface area contributed by atoms with E-state index in [0.29, 0.717) is 25.7 Å². The van der Waals surface area contributed by atoms with E-state index in [9.17, 15) is 15.0 Å². The van der Waals surface area contributed by atoms with Gasteiger partial charge in [0.25, 0.3) is 0 Å². The first-order chi connectivity index (χ1) is 10.8. The molecule has 0 radical (unpaired) electrons. The van der Waals surface area contributed by atoms with E-state index in [1.807, 2.05) is 19.9 Å². The van der Waals surface area contributed by atoms with Crippen molar-refractivity contribution in [2.45, 2.75) is 71.0 Å². The van der Waals surface area contributed by atoms with Gasteiger partial charge in [0.2, 0.25) is 0 Å². The number of aliphatic hydroxyl groups is 2. The molecule has 1 saturated carbocycles. The molecule has 0 aromatic carbocycles. The first-order valence-electron chi connectivity index (χ1n) is 8.41. The molecule has 4 unspecified atom stereocenters. The summed E-state index contributed by atoms with van der Waals surface area (Å²) < 4.78 is 0. The molecule has 0 spiro atoms. The Morgan fingerprint density at radius 1 is 1.43 bits per heavy atom. The Morgan fingerprint density at radius 3 is 2.74 bits per heavy atom. The van der Waals surface area contributed by atoms with Crippen molar-refractivity contribution in [3.05, 3.63) is 12.2 Å². The topological polar surface area (TPSA) is 102 Å². The molecular weight excluding hydrogens is 294 g/mol. The van der Waals surface area contributed by atoms with Gasteiger partial charge in [0.1, 0.15) is 0 Å². The van der Waals surface area contributed by atoms with Crippen LogP contribution in [0.2, 0.25) is 0 Å². The van der Waals surface area contributed by atoms with Crippen LogP contribution in [0.1, 0.15) is 58.8 Å². The van der Waals surface area contributed by atoms with Gasteiger partial charge in [-0.15, -0.1) is 0 Å². The summed E-state index contributed by atoms with van der Waals surface area (Å²) in [6.45, 7) is 3.88. The second-order valence-electron chi connectivity index (χ2n) is 7.23. The maximum Gasteiger partial charge on any atom is 0.303 e. The van der Waals surface area contributed by atoms with Crippen LogP contribution in [-0.2, 0) is 4.79 Å². The Balaban J connectivity index is 2.59. The SMILES string of the molecule is CC(C)(CCC#N)C(O)C=CC1CCC(O)C1CCCC(=O)O. The molecule has 130 valence electrons. The number of nitriles is 1. The largest absolute Gasteiger partial charge is 0.481 e. The fourth-order valence-electron chi connectivity index (χ4n) is 3.25. The van der Waals surface area contributed by atoms with Crippen molar-refractivity contribution in [2.75, 3.05) is 0 Å². The number of hydrogen-bond acceptors (Lipinski definition) is 4. The van der Waals surface area contributed by atoms with Gasteiger partial charge in [-0.2, -0.15) is 5.26 Å². The zero-order chi connectivity index (χ0) is 17.5. The van der Waals surface area contributed by atoms with E-state index < -0.39 is 12.1 Å². The quantitative estimate of drug-likeness (QED) is 0.566. The molecule has 0 heterocycles. The third kappa shape index (κ3) is 6.32. The van der Waals surface area contributed by atoms with Crippen molar-refractivity contribution in [1.82, 2.24) is 0 Å². The van der Waals surface area contributed by atoms with E-state index in [1.165, 1.54) is 0 Å². The average Bonchev–Trinajstić information content (AvgIpc) is 2.83. The summed E-state index contributed by atoms with van der Waals surface area (Å²) in [6, 6.07) is 2.10. The van der Waals surface area contributed by atoms with Crippen molar-refractivity contribution < 1.29 is 20.1 Å². The predicted octanol–water partition coefficient (Wildman–Crippen LogP) is 2.88. The number of aliphatic hydroxyl groups excluding tert-OH is 2. The lowest BCUT2D eigenvalue weighted by Crippen LogP contribution is -2.27. The monoisotopic (exact) mass is 323 g/mol. The van der Waals surface area contributed by atoms with Gasteiger partial charge in [-0.25, -0.2) is 0 Å². The Kier molecular flexibility index (Phi) is 7.74. The molecule has 1 fully saturated rings. The second kappa shape index (κ2) is 9.05. The zero-order valence-electron chi connectivity index (χ0n) is 14.1. The maximum absolute atomic E-state index is 10.6. The summed E-state index contributed by atoms with van der Waals surface area (Å²) in [5.74, 6) is -0.556. The van der Waals surface area contributed by atoms with E-state index >= 15 is 0 Å². The molecule has 0 aromatic rings. The van der Waals surface area contributed by atoms with Gasteiger partial charge in [0.05, 0.1) is 18.3 Å². The molecule has 0 aliphatic heterocycles. The normalized spacial score (nSPS) is 26.3. The number of carbonyl (C=O) groups is 1. The van der Waals surface area contributed by atoms with Crippen LogP contribution in [0.4, 0.5) is 0 Å². The van der Waals surface area contributed by atoms with Gasteiger partial charge < -0.3 is 15.3 Å². The molecule has 1 rings (SSSR count). The summed E-state index contributed by atoms with van der Waals surface area (Å²) in [4.78, 5) is 10.6. The third-order valence-corrected chi connectivity index (χ3v) is 4.99. The Hall–Kier alpha value is -1.38. The molecule has 0 amide bonds. The molecule has 0 saturated heterocycles. The van der Waals surface area contributed by atoms with E-state index in [2.05, 4.69) is 6.07 Å². The Bertz CT molecular complexity index is 452. The van der Waals surface area contributed by atoms with Crippen LogP contribution in [-0.4, -0.2) is 33.5 Å². The van der Waals surface area contributed by atoms with E-state index in [1.54, 1.807) is 6.08 Å².